The molecule has 0 radical (unpaired) electrons. The van der Waals surface area contributed by atoms with Crippen molar-refractivity contribution >= 4 is 5.69 Å². The zero-order chi connectivity index (χ0) is 12.4. The maximum atomic E-state index is 5.77. The molecule has 0 aliphatic heterocycles. The number of benzene rings is 2. The molecule has 0 saturated carbocycles. The molecule has 0 fully saturated rings. The van der Waals surface area contributed by atoms with Gasteiger partial charge in [-0.15, -0.1) is 0 Å². The smallest absolute Gasteiger partial charge is 0.0316 e. The van der Waals surface area contributed by atoms with Gasteiger partial charge < -0.3 is 5.73 Å². The number of aryl methyl sites for hydroxylation is 3. The van der Waals surface area contributed by atoms with Crippen LogP contribution in [0, 0.1) is 20.8 Å². The van der Waals surface area contributed by atoms with Crippen molar-refractivity contribution < 1.29 is 0 Å². The molecule has 2 aromatic rings. The lowest BCUT2D eigenvalue weighted by Crippen LogP contribution is -1.96. The standard InChI is InChI=1S/C16H19N/c1-11-4-5-12(2)15(8-11)10-14-6-7-16(17)9-13(14)3/h4-9H,10,17H2,1-3H3. The third kappa shape index (κ3) is 2.68. The highest BCUT2D eigenvalue weighted by Gasteiger charge is 2.03. The van der Waals surface area contributed by atoms with Crippen molar-refractivity contribution in [3.8, 4) is 0 Å². The van der Waals surface area contributed by atoms with Gasteiger partial charge in [-0.25, -0.2) is 0 Å². The summed E-state index contributed by atoms with van der Waals surface area (Å²) < 4.78 is 0. The van der Waals surface area contributed by atoms with E-state index >= 15 is 0 Å². The van der Waals surface area contributed by atoms with Gasteiger partial charge in [0, 0.05) is 5.69 Å². The Kier molecular flexibility index (Phi) is 3.19. The second-order valence-corrected chi connectivity index (χ2v) is 4.79. The van der Waals surface area contributed by atoms with Gasteiger partial charge in [0.15, 0.2) is 0 Å². The monoisotopic (exact) mass is 225 g/mol. The third-order valence-electron chi connectivity index (χ3n) is 3.25. The number of nitrogen functional groups attached to an aromatic ring is 1. The van der Waals surface area contributed by atoms with E-state index in [1.165, 1.54) is 27.8 Å². The summed E-state index contributed by atoms with van der Waals surface area (Å²) in [5, 5.41) is 0. The topological polar surface area (TPSA) is 26.0 Å². The van der Waals surface area contributed by atoms with Crippen LogP contribution >= 0.6 is 0 Å². The first kappa shape index (κ1) is 11.7. The van der Waals surface area contributed by atoms with E-state index in [4.69, 9.17) is 5.73 Å². The van der Waals surface area contributed by atoms with Crippen LogP contribution in [0.5, 0.6) is 0 Å². The number of hydrogen-bond donors (Lipinski definition) is 1. The molecule has 0 atom stereocenters. The number of nitrogens with two attached hydrogens (primary N) is 1. The summed E-state index contributed by atoms with van der Waals surface area (Å²) >= 11 is 0. The largest absolute Gasteiger partial charge is 0.399 e. The predicted molar refractivity (Wildman–Crippen MR) is 74.3 cm³/mol. The molecule has 0 aliphatic carbocycles. The molecule has 2 rings (SSSR count). The summed E-state index contributed by atoms with van der Waals surface area (Å²) in [6, 6.07) is 12.8. The molecule has 88 valence electrons. The van der Waals surface area contributed by atoms with Gasteiger partial charge in [-0.1, -0.05) is 29.8 Å². The van der Waals surface area contributed by atoms with E-state index in [0.29, 0.717) is 0 Å². The minimum absolute atomic E-state index is 0.840. The first-order valence-electron chi connectivity index (χ1n) is 5.97. The van der Waals surface area contributed by atoms with Crippen molar-refractivity contribution in [1.29, 1.82) is 0 Å². The van der Waals surface area contributed by atoms with Crippen molar-refractivity contribution in [2.45, 2.75) is 27.2 Å². The SMILES string of the molecule is Cc1ccc(C)c(Cc2ccc(N)cc2C)c1. The Balaban J connectivity index is 2.34. The minimum Gasteiger partial charge on any atom is -0.399 e. The van der Waals surface area contributed by atoms with E-state index in [9.17, 15) is 0 Å². The summed E-state index contributed by atoms with van der Waals surface area (Å²) in [4.78, 5) is 0. The van der Waals surface area contributed by atoms with Gasteiger partial charge in [0.05, 0.1) is 0 Å². The summed E-state index contributed by atoms with van der Waals surface area (Å²) in [6.45, 7) is 6.43. The highest BCUT2D eigenvalue weighted by Crippen LogP contribution is 2.19. The zero-order valence-corrected chi connectivity index (χ0v) is 10.7. The molecule has 1 heteroatoms. The first-order chi connectivity index (χ1) is 8.06. The summed E-state index contributed by atoms with van der Waals surface area (Å²) in [5.74, 6) is 0. The van der Waals surface area contributed by atoms with Crippen LogP contribution in [0.15, 0.2) is 36.4 Å². The molecular weight excluding hydrogens is 206 g/mol. The van der Waals surface area contributed by atoms with Crippen molar-refractivity contribution in [1.82, 2.24) is 0 Å². The van der Waals surface area contributed by atoms with Gasteiger partial charge in [-0.05, 0) is 61.6 Å². The molecule has 0 saturated heterocycles. The van der Waals surface area contributed by atoms with E-state index in [0.717, 1.165) is 12.1 Å². The maximum Gasteiger partial charge on any atom is 0.0316 e. The molecule has 1 nitrogen and oxygen atoms in total. The van der Waals surface area contributed by atoms with Gasteiger partial charge in [0.25, 0.3) is 0 Å². The van der Waals surface area contributed by atoms with Crippen LogP contribution in [0.1, 0.15) is 27.8 Å². The fourth-order valence-electron chi connectivity index (χ4n) is 2.11. The van der Waals surface area contributed by atoms with Crippen LogP contribution < -0.4 is 5.73 Å². The molecule has 0 amide bonds. The van der Waals surface area contributed by atoms with Crippen LogP contribution in [-0.4, -0.2) is 0 Å². The average Bonchev–Trinajstić information content (AvgIpc) is 2.27. The predicted octanol–water partition coefficient (Wildman–Crippen LogP) is 3.78. The molecule has 0 bridgehead atoms. The summed E-state index contributed by atoms with van der Waals surface area (Å²) in [7, 11) is 0. The van der Waals surface area contributed by atoms with E-state index in [1.54, 1.807) is 0 Å². The average molecular weight is 225 g/mol. The molecule has 17 heavy (non-hydrogen) atoms. The Morgan fingerprint density at radius 2 is 1.59 bits per heavy atom. The number of hydrogen-bond acceptors (Lipinski definition) is 1. The van der Waals surface area contributed by atoms with E-state index < -0.39 is 0 Å². The van der Waals surface area contributed by atoms with Crippen molar-refractivity contribution in [2.75, 3.05) is 5.73 Å². The minimum atomic E-state index is 0.840. The molecule has 0 spiro atoms. The highest BCUT2D eigenvalue weighted by atomic mass is 14.5. The van der Waals surface area contributed by atoms with Gasteiger partial charge in [-0.2, -0.15) is 0 Å². The quantitative estimate of drug-likeness (QED) is 0.773. The third-order valence-corrected chi connectivity index (χ3v) is 3.25. The second kappa shape index (κ2) is 4.62. The lowest BCUT2D eigenvalue weighted by atomic mass is 9.96. The molecule has 0 aliphatic rings. The Hall–Kier alpha value is -1.76. The lowest BCUT2D eigenvalue weighted by Gasteiger charge is -2.10. The second-order valence-electron chi connectivity index (χ2n) is 4.79. The van der Waals surface area contributed by atoms with E-state index in [-0.39, 0.29) is 0 Å². The normalized spacial score (nSPS) is 10.5. The van der Waals surface area contributed by atoms with E-state index in [1.807, 2.05) is 12.1 Å². The fraction of sp³-hybridized carbons (Fsp3) is 0.250. The van der Waals surface area contributed by atoms with Crippen molar-refractivity contribution in [3.63, 3.8) is 0 Å². The Morgan fingerprint density at radius 3 is 2.29 bits per heavy atom. The molecule has 0 heterocycles. The number of rotatable bonds is 2. The van der Waals surface area contributed by atoms with Gasteiger partial charge in [-0.3, -0.25) is 0 Å². The van der Waals surface area contributed by atoms with Crippen LogP contribution in [-0.2, 0) is 6.42 Å². The molecule has 0 aromatic heterocycles. The van der Waals surface area contributed by atoms with Crippen LogP contribution in [0.4, 0.5) is 5.69 Å². The van der Waals surface area contributed by atoms with Crippen molar-refractivity contribution in [2.24, 2.45) is 0 Å². The number of anilines is 1. The first-order valence-corrected chi connectivity index (χ1v) is 5.97. The molecule has 2 aromatic carbocycles. The van der Waals surface area contributed by atoms with Crippen molar-refractivity contribution in [3.05, 3.63) is 64.2 Å². The molecule has 2 N–H and O–H groups in total. The molecular formula is C16H19N. The van der Waals surface area contributed by atoms with E-state index in [2.05, 4.69) is 45.0 Å². The maximum absolute atomic E-state index is 5.77. The summed E-state index contributed by atoms with van der Waals surface area (Å²) in [6.07, 6.45) is 0.986. The molecule has 0 unspecified atom stereocenters. The Bertz CT molecular complexity index is 541. The highest BCUT2D eigenvalue weighted by molar-refractivity contribution is 5.46. The fourth-order valence-corrected chi connectivity index (χ4v) is 2.11. The zero-order valence-electron chi connectivity index (χ0n) is 10.7. The van der Waals surface area contributed by atoms with Crippen LogP contribution in [0.2, 0.25) is 0 Å². The Morgan fingerprint density at radius 1 is 0.824 bits per heavy atom. The van der Waals surface area contributed by atoms with Crippen LogP contribution in [0.3, 0.4) is 0 Å². The van der Waals surface area contributed by atoms with Gasteiger partial charge in [0.1, 0.15) is 0 Å². The van der Waals surface area contributed by atoms with Gasteiger partial charge in [0.2, 0.25) is 0 Å². The lowest BCUT2D eigenvalue weighted by molar-refractivity contribution is 1.12. The Labute approximate surface area is 103 Å². The van der Waals surface area contributed by atoms with Crippen LogP contribution in [0.25, 0.3) is 0 Å². The summed E-state index contributed by atoms with van der Waals surface area (Å²) in [5.41, 5.74) is 13.3. The van der Waals surface area contributed by atoms with Gasteiger partial charge >= 0.3 is 0 Å².